The molecule has 1 aliphatic heterocycles. The van der Waals surface area contributed by atoms with E-state index >= 15 is 0 Å². The lowest BCUT2D eigenvalue weighted by Crippen LogP contribution is -2.46. The van der Waals surface area contributed by atoms with Gasteiger partial charge in [0.2, 0.25) is 0 Å². The highest BCUT2D eigenvalue weighted by Crippen LogP contribution is 2.33. The zero-order valence-electron chi connectivity index (χ0n) is 16.3. The summed E-state index contributed by atoms with van der Waals surface area (Å²) in [6.45, 7) is 0.274. The van der Waals surface area contributed by atoms with Crippen LogP contribution < -0.4 is 5.32 Å². The van der Waals surface area contributed by atoms with Gasteiger partial charge in [0.05, 0.1) is 0 Å². The van der Waals surface area contributed by atoms with Crippen molar-refractivity contribution < 1.29 is 14.0 Å². The lowest BCUT2D eigenvalue weighted by Gasteiger charge is -2.27. The van der Waals surface area contributed by atoms with E-state index in [-0.39, 0.29) is 24.3 Å². The van der Waals surface area contributed by atoms with E-state index in [4.69, 9.17) is 0 Å². The van der Waals surface area contributed by atoms with E-state index in [1.165, 1.54) is 28.8 Å². The molecule has 30 heavy (non-hydrogen) atoms. The smallest absolute Gasteiger partial charge is 0.319 e. The molecular formula is C24H21FN2O2S. The van der Waals surface area contributed by atoms with E-state index in [2.05, 4.69) is 5.32 Å². The van der Waals surface area contributed by atoms with Gasteiger partial charge in [0, 0.05) is 23.6 Å². The molecule has 6 heteroatoms. The summed E-state index contributed by atoms with van der Waals surface area (Å²) < 4.78 is 13.1. The summed E-state index contributed by atoms with van der Waals surface area (Å²) >= 11 is 1.48. The summed E-state index contributed by atoms with van der Waals surface area (Å²) in [5, 5.41) is 2.97. The second-order valence-electron chi connectivity index (χ2n) is 7.12. The highest BCUT2D eigenvalue weighted by atomic mass is 32.2. The molecule has 1 saturated heterocycles. The SMILES string of the molecule is O=C1N[C@](Cc2ccccc2)(c2ccccc2)C(=O)N1CCSc1ccc(F)cc1. The number of carbonyl (C=O) groups is 2. The monoisotopic (exact) mass is 420 g/mol. The van der Waals surface area contributed by atoms with Crippen LogP contribution in [0.25, 0.3) is 0 Å². The lowest BCUT2D eigenvalue weighted by molar-refractivity contribution is -0.131. The Labute approximate surface area is 179 Å². The van der Waals surface area contributed by atoms with Crippen LogP contribution in [0.1, 0.15) is 11.1 Å². The summed E-state index contributed by atoms with van der Waals surface area (Å²) in [5.41, 5.74) is 0.610. The third-order valence-electron chi connectivity index (χ3n) is 5.15. The molecule has 0 unspecified atom stereocenters. The van der Waals surface area contributed by atoms with Gasteiger partial charge >= 0.3 is 6.03 Å². The van der Waals surface area contributed by atoms with Gasteiger partial charge in [0.25, 0.3) is 5.91 Å². The maximum atomic E-state index is 13.5. The molecule has 1 atom stereocenters. The number of imide groups is 1. The minimum absolute atomic E-state index is 0.248. The highest BCUT2D eigenvalue weighted by Gasteiger charge is 2.52. The molecule has 0 bridgehead atoms. The van der Waals surface area contributed by atoms with E-state index < -0.39 is 5.54 Å². The number of halogens is 1. The minimum Gasteiger partial charge on any atom is -0.319 e. The molecule has 0 aliphatic carbocycles. The van der Waals surface area contributed by atoms with Gasteiger partial charge in [-0.15, -0.1) is 11.8 Å². The fraction of sp³-hybridized carbons (Fsp3) is 0.167. The van der Waals surface area contributed by atoms with Crippen molar-refractivity contribution in [2.75, 3.05) is 12.3 Å². The predicted octanol–water partition coefficient (Wildman–Crippen LogP) is 4.61. The van der Waals surface area contributed by atoms with E-state index in [9.17, 15) is 14.0 Å². The molecule has 1 fully saturated rings. The molecule has 4 rings (SSSR count). The number of hydrogen-bond donors (Lipinski definition) is 1. The van der Waals surface area contributed by atoms with Gasteiger partial charge in [-0.3, -0.25) is 9.69 Å². The Kier molecular flexibility index (Phi) is 5.86. The van der Waals surface area contributed by atoms with Crippen molar-refractivity contribution in [3.8, 4) is 0 Å². The van der Waals surface area contributed by atoms with Gasteiger partial charge < -0.3 is 5.32 Å². The van der Waals surface area contributed by atoms with E-state index in [0.29, 0.717) is 12.2 Å². The fourth-order valence-electron chi connectivity index (χ4n) is 3.66. The predicted molar refractivity (Wildman–Crippen MR) is 116 cm³/mol. The first-order chi connectivity index (χ1) is 14.6. The molecule has 3 aromatic carbocycles. The van der Waals surface area contributed by atoms with Crippen LogP contribution in [0.2, 0.25) is 0 Å². The summed E-state index contributed by atoms with van der Waals surface area (Å²) in [4.78, 5) is 28.5. The van der Waals surface area contributed by atoms with Crippen molar-refractivity contribution in [2.45, 2.75) is 16.9 Å². The van der Waals surface area contributed by atoms with Gasteiger partial charge in [0.15, 0.2) is 5.54 Å². The molecule has 1 aliphatic rings. The number of carbonyl (C=O) groups excluding carboxylic acids is 2. The summed E-state index contributed by atoms with van der Waals surface area (Å²) in [7, 11) is 0. The number of nitrogens with one attached hydrogen (secondary N) is 1. The van der Waals surface area contributed by atoms with Gasteiger partial charge in [-0.1, -0.05) is 60.7 Å². The first-order valence-corrected chi connectivity index (χ1v) is 10.7. The average Bonchev–Trinajstić information content (AvgIpc) is 3.01. The minimum atomic E-state index is -1.12. The van der Waals surface area contributed by atoms with Crippen molar-refractivity contribution in [3.05, 3.63) is 102 Å². The lowest BCUT2D eigenvalue weighted by atomic mass is 9.83. The first kappa shape index (κ1) is 20.2. The molecule has 0 spiro atoms. The Morgan fingerprint density at radius 1 is 0.867 bits per heavy atom. The Balaban J connectivity index is 1.55. The molecular weight excluding hydrogens is 399 g/mol. The van der Waals surface area contributed by atoms with Gasteiger partial charge in [-0.05, 0) is 35.4 Å². The molecule has 0 radical (unpaired) electrons. The number of hydrogen-bond acceptors (Lipinski definition) is 3. The van der Waals surface area contributed by atoms with Gasteiger partial charge in [-0.2, -0.15) is 0 Å². The molecule has 152 valence electrons. The maximum absolute atomic E-state index is 13.5. The zero-order chi connectivity index (χ0) is 21.0. The number of amides is 3. The summed E-state index contributed by atoms with van der Waals surface area (Å²) in [6.07, 6.45) is 0.379. The van der Waals surface area contributed by atoms with E-state index in [1.54, 1.807) is 12.1 Å². The van der Waals surface area contributed by atoms with Crippen LogP contribution in [-0.2, 0) is 16.8 Å². The molecule has 3 amide bonds. The largest absolute Gasteiger partial charge is 0.325 e. The average molecular weight is 421 g/mol. The summed E-state index contributed by atoms with van der Waals surface area (Å²) in [5.74, 6) is -0.00895. The second kappa shape index (κ2) is 8.71. The topological polar surface area (TPSA) is 49.4 Å². The van der Waals surface area contributed by atoms with Crippen LogP contribution in [0, 0.1) is 5.82 Å². The second-order valence-corrected chi connectivity index (χ2v) is 8.29. The van der Waals surface area contributed by atoms with E-state index in [0.717, 1.165) is 16.0 Å². The van der Waals surface area contributed by atoms with Crippen LogP contribution in [-0.4, -0.2) is 29.1 Å². The van der Waals surface area contributed by atoms with Crippen molar-refractivity contribution in [2.24, 2.45) is 0 Å². The van der Waals surface area contributed by atoms with Crippen molar-refractivity contribution >= 4 is 23.7 Å². The third kappa shape index (κ3) is 4.09. The van der Waals surface area contributed by atoms with Crippen molar-refractivity contribution in [1.29, 1.82) is 0 Å². The highest BCUT2D eigenvalue weighted by molar-refractivity contribution is 7.99. The zero-order valence-corrected chi connectivity index (χ0v) is 17.1. The van der Waals surface area contributed by atoms with Crippen LogP contribution in [0.5, 0.6) is 0 Å². The number of benzene rings is 3. The number of rotatable bonds is 7. The first-order valence-electron chi connectivity index (χ1n) is 9.70. The number of urea groups is 1. The van der Waals surface area contributed by atoms with E-state index in [1.807, 2.05) is 60.7 Å². The van der Waals surface area contributed by atoms with Gasteiger partial charge in [0.1, 0.15) is 5.82 Å². The Hall–Kier alpha value is -3.12. The standard InChI is InChI=1S/C24H21FN2O2S/c25-20-11-13-21(14-12-20)30-16-15-27-22(28)24(26-23(27)29,19-9-5-2-6-10-19)17-18-7-3-1-4-8-18/h1-14H,15-17H2,(H,26,29)/t24-/m1/s1. The molecule has 4 nitrogen and oxygen atoms in total. The Morgan fingerprint density at radius 3 is 2.17 bits per heavy atom. The fourth-order valence-corrected chi connectivity index (χ4v) is 4.50. The molecule has 3 aromatic rings. The molecule has 0 saturated carbocycles. The Morgan fingerprint density at radius 2 is 1.50 bits per heavy atom. The quantitative estimate of drug-likeness (QED) is 0.449. The van der Waals surface area contributed by atoms with Crippen LogP contribution in [0.3, 0.4) is 0 Å². The van der Waals surface area contributed by atoms with Crippen molar-refractivity contribution in [1.82, 2.24) is 10.2 Å². The van der Waals surface area contributed by atoms with Crippen LogP contribution >= 0.6 is 11.8 Å². The van der Waals surface area contributed by atoms with Gasteiger partial charge in [-0.25, -0.2) is 9.18 Å². The van der Waals surface area contributed by atoms with Crippen LogP contribution in [0.15, 0.2) is 89.8 Å². The maximum Gasteiger partial charge on any atom is 0.325 e. The molecule has 1 heterocycles. The summed E-state index contributed by atoms with van der Waals surface area (Å²) in [6, 6.07) is 24.8. The van der Waals surface area contributed by atoms with Crippen LogP contribution in [0.4, 0.5) is 9.18 Å². The molecule has 1 N–H and O–H groups in total. The van der Waals surface area contributed by atoms with Crippen molar-refractivity contribution in [3.63, 3.8) is 0 Å². The molecule has 0 aromatic heterocycles. The third-order valence-corrected chi connectivity index (χ3v) is 6.14. The normalized spacial score (nSPS) is 18.5. The number of thioether (sulfide) groups is 1. The number of nitrogens with zero attached hydrogens (tertiary/aromatic N) is 1. The Bertz CT molecular complexity index is 1030.